The smallest absolute Gasteiger partial charge is 0.163 e. The minimum absolute atomic E-state index is 0.0826. The van der Waals surface area contributed by atoms with Crippen LogP contribution in [0.5, 0.6) is 0 Å². The van der Waals surface area contributed by atoms with Gasteiger partial charge in [0.15, 0.2) is 5.79 Å². The summed E-state index contributed by atoms with van der Waals surface area (Å²) in [4.78, 5) is 0. The fourth-order valence-corrected chi connectivity index (χ4v) is 2.02. The molecule has 1 aliphatic heterocycles. The van der Waals surface area contributed by atoms with Gasteiger partial charge < -0.3 is 14.6 Å². The third kappa shape index (κ3) is 2.26. The van der Waals surface area contributed by atoms with Crippen LogP contribution in [0.1, 0.15) is 44.1 Å². The first-order valence-electron chi connectivity index (χ1n) is 5.58. The summed E-state index contributed by atoms with van der Waals surface area (Å²) < 4.78 is 11.3. The molecule has 1 aromatic rings. The number of aliphatic hydroxyl groups is 1. The summed E-state index contributed by atoms with van der Waals surface area (Å²) in [6, 6.07) is 7.79. The SMILES string of the molecule is CC(O)c1ccccc1C1COC(C)(C)O1. The molecule has 3 heteroatoms. The Hall–Kier alpha value is -0.900. The Morgan fingerprint density at radius 1 is 1.38 bits per heavy atom. The van der Waals surface area contributed by atoms with E-state index < -0.39 is 11.9 Å². The summed E-state index contributed by atoms with van der Waals surface area (Å²) in [7, 11) is 0. The normalized spacial score (nSPS) is 25.6. The highest BCUT2D eigenvalue weighted by Crippen LogP contribution is 2.35. The Morgan fingerprint density at radius 3 is 2.62 bits per heavy atom. The zero-order chi connectivity index (χ0) is 11.8. The molecule has 0 spiro atoms. The van der Waals surface area contributed by atoms with Crippen molar-refractivity contribution < 1.29 is 14.6 Å². The molecule has 0 saturated carbocycles. The quantitative estimate of drug-likeness (QED) is 0.835. The van der Waals surface area contributed by atoms with Gasteiger partial charge in [0.1, 0.15) is 6.10 Å². The van der Waals surface area contributed by atoms with Crippen molar-refractivity contribution in [1.82, 2.24) is 0 Å². The molecule has 1 aromatic carbocycles. The number of rotatable bonds is 2. The van der Waals surface area contributed by atoms with E-state index in [1.165, 1.54) is 0 Å². The Labute approximate surface area is 96.0 Å². The fourth-order valence-electron chi connectivity index (χ4n) is 2.02. The number of aliphatic hydroxyl groups excluding tert-OH is 1. The summed E-state index contributed by atoms with van der Waals surface area (Å²) in [6.07, 6.45) is -0.565. The summed E-state index contributed by atoms with van der Waals surface area (Å²) in [5, 5.41) is 9.70. The van der Waals surface area contributed by atoms with E-state index in [1.807, 2.05) is 38.1 Å². The maximum atomic E-state index is 9.70. The predicted molar refractivity (Wildman–Crippen MR) is 60.9 cm³/mol. The van der Waals surface area contributed by atoms with Crippen LogP contribution < -0.4 is 0 Å². The molecule has 0 amide bonds. The van der Waals surface area contributed by atoms with Crippen molar-refractivity contribution in [2.75, 3.05) is 6.61 Å². The minimum atomic E-state index is -0.531. The molecule has 1 N–H and O–H groups in total. The topological polar surface area (TPSA) is 38.7 Å². The van der Waals surface area contributed by atoms with E-state index in [9.17, 15) is 5.11 Å². The molecule has 2 atom stereocenters. The van der Waals surface area contributed by atoms with Crippen LogP contribution in [0.3, 0.4) is 0 Å². The van der Waals surface area contributed by atoms with Crippen LogP contribution >= 0.6 is 0 Å². The second-order valence-corrected chi connectivity index (χ2v) is 4.62. The number of ether oxygens (including phenoxy) is 2. The average molecular weight is 222 g/mol. The molecule has 0 bridgehead atoms. The van der Waals surface area contributed by atoms with Gasteiger partial charge in [0.05, 0.1) is 12.7 Å². The molecule has 88 valence electrons. The van der Waals surface area contributed by atoms with Crippen molar-refractivity contribution in [1.29, 1.82) is 0 Å². The van der Waals surface area contributed by atoms with Crippen molar-refractivity contribution in [2.45, 2.75) is 38.8 Å². The van der Waals surface area contributed by atoms with Crippen molar-refractivity contribution in [3.8, 4) is 0 Å². The average Bonchev–Trinajstić information content (AvgIpc) is 2.59. The van der Waals surface area contributed by atoms with E-state index in [2.05, 4.69) is 0 Å². The second-order valence-electron chi connectivity index (χ2n) is 4.62. The molecular weight excluding hydrogens is 204 g/mol. The first-order valence-corrected chi connectivity index (χ1v) is 5.58. The predicted octanol–water partition coefficient (Wildman–Crippen LogP) is 2.56. The van der Waals surface area contributed by atoms with Crippen molar-refractivity contribution in [3.63, 3.8) is 0 Å². The molecule has 1 heterocycles. The lowest BCUT2D eigenvalue weighted by atomic mass is 9.99. The van der Waals surface area contributed by atoms with Crippen LogP contribution in [0, 0.1) is 0 Å². The summed E-state index contributed by atoms with van der Waals surface area (Å²) >= 11 is 0. The van der Waals surface area contributed by atoms with Crippen LogP contribution in [0.4, 0.5) is 0 Å². The summed E-state index contributed by atoms with van der Waals surface area (Å²) in [5.74, 6) is -0.531. The molecule has 3 nitrogen and oxygen atoms in total. The highest BCUT2D eigenvalue weighted by atomic mass is 16.7. The summed E-state index contributed by atoms with van der Waals surface area (Å²) in [5.41, 5.74) is 1.93. The van der Waals surface area contributed by atoms with Gasteiger partial charge >= 0.3 is 0 Å². The van der Waals surface area contributed by atoms with Crippen LogP contribution in [-0.2, 0) is 9.47 Å². The lowest BCUT2D eigenvalue weighted by Crippen LogP contribution is -2.20. The molecule has 0 radical (unpaired) electrons. The number of benzene rings is 1. The van der Waals surface area contributed by atoms with Gasteiger partial charge in [-0.15, -0.1) is 0 Å². The van der Waals surface area contributed by atoms with E-state index in [1.54, 1.807) is 6.92 Å². The van der Waals surface area contributed by atoms with Gasteiger partial charge in [-0.05, 0) is 31.9 Å². The standard InChI is InChI=1S/C13H18O3/c1-9(14)10-6-4-5-7-11(10)12-8-15-13(2,3)16-12/h4-7,9,12,14H,8H2,1-3H3. The Kier molecular flexibility index (Phi) is 3.02. The van der Waals surface area contributed by atoms with Crippen LogP contribution in [0.2, 0.25) is 0 Å². The summed E-state index contributed by atoms with van der Waals surface area (Å²) in [6.45, 7) is 6.10. The van der Waals surface area contributed by atoms with Crippen LogP contribution in [0.15, 0.2) is 24.3 Å². The molecule has 1 aliphatic rings. The number of hydrogen-bond donors (Lipinski definition) is 1. The third-order valence-electron chi connectivity index (χ3n) is 2.80. The Morgan fingerprint density at radius 2 is 2.06 bits per heavy atom. The van der Waals surface area contributed by atoms with E-state index in [-0.39, 0.29) is 6.10 Å². The first-order chi connectivity index (χ1) is 7.49. The van der Waals surface area contributed by atoms with E-state index >= 15 is 0 Å². The van der Waals surface area contributed by atoms with Crippen LogP contribution in [0.25, 0.3) is 0 Å². The first kappa shape index (κ1) is 11.6. The molecule has 1 fully saturated rings. The zero-order valence-electron chi connectivity index (χ0n) is 9.93. The molecule has 0 aromatic heterocycles. The molecule has 1 saturated heterocycles. The van der Waals surface area contributed by atoms with Gasteiger partial charge in [-0.25, -0.2) is 0 Å². The molecular formula is C13H18O3. The zero-order valence-corrected chi connectivity index (χ0v) is 9.93. The monoisotopic (exact) mass is 222 g/mol. The fraction of sp³-hybridized carbons (Fsp3) is 0.538. The van der Waals surface area contributed by atoms with E-state index in [0.717, 1.165) is 11.1 Å². The van der Waals surface area contributed by atoms with E-state index in [4.69, 9.17) is 9.47 Å². The minimum Gasteiger partial charge on any atom is -0.389 e. The third-order valence-corrected chi connectivity index (χ3v) is 2.80. The van der Waals surface area contributed by atoms with Gasteiger partial charge in [0.2, 0.25) is 0 Å². The van der Waals surface area contributed by atoms with Gasteiger partial charge in [0.25, 0.3) is 0 Å². The van der Waals surface area contributed by atoms with Crippen LogP contribution in [-0.4, -0.2) is 17.5 Å². The lowest BCUT2D eigenvalue weighted by Gasteiger charge is -2.19. The molecule has 2 rings (SSSR count). The highest BCUT2D eigenvalue weighted by molar-refractivity contribution is 5.31. The van der Waals surface area contributed by atoms with Gasteiger partial charge in [-0.1, -0.05) is 24.3 Å². The Bertz CT molecular complexity index is 371. The molecule has 0 aliphatic carbocycles. The lowest BCUT2D eigenvalue weighted by molar-refractivity contribution is -0.139. The van der Waals surface area contributed by atoms with Crippen molar-refractivity contribution in [3.05, 3.63) is 35.4 Å². The van der Waals surface area contributed by atoms with Gasteiger partial charge in [-0.2, -0.15) is 0 Å². The highest BCUT2D eigenvalue weighted by Gasteiger charge is 2.34. The van der Waals surface area contributed by atoms with Crippen molar-refractivity contribution in [2.24, 2.45) is 0 Å². The molecule has 2 unspecified atom stereocenters. The van der Waals surface area contributed by atoms with Crippen molar-refractivity contribution >= 4 is 0 Å². The Balaban J connectivity index is 2.28. The largest absolute Gasteiger partial charge is 0.389 e. The van der Waals surface area contributed by atoms with Gasteiger partial charge in [-0.3, -0.25) is 0 Å². The maximum absolute atomic E-state index is 9.70. The number of hydrogen-bond acceptors (Lipinski definition) is 3. The van der Waals surface area contributed by atoms with Gasteiger partial charge in [0, 0.05) is 0 Å². The molecule has 16 heavy (non-hydrogen) atoms. The van der Waals surface area contributed by atoms with E-state index in [0.29, 0.717) is 6.61 Å². The maximum Gasteiger partial charge on any atom is 0.163 e. The second kappa shape index (κ2) is 4.17.